The van der Waals surface area contributed by atoms with Crippen LogP contribution in [0.25, 0.3) is 0 Å². The molecule has 0 unspecified atom stereocenters. The van der Waals surface area contributed by atoms with E-state index in [-0.39, 0.29) is 5.91 Å². The maximum absolute atomic E-state index is 11.6. The number of nitrogens with zero attached hydrogens (tertiary/aromatic N) is 1. The number of methoxy groups -OCH3 is 1. The maximum Gasteiger partial charge on any atom is 0.238 e. The minimum Gasteiger partial charge on any atom is -0.496 e. The third-order valence-corrected chi connectivity index (χ3v) is 2.44. The third kappa shape index (κ3) is 3.83. The SMILES string of the molecule is COc1ccc(Br)cc1CC(=O)NN(C)C. The Morgan fingerprint density at radius 1 is 1.50 bits per heavy atom. The average molecular weight is 287 g/mol. The number of ether oxygens (including phenoxy) is 1. The zero-order valence-corrected chi connectivity index (χ0v) is 11.2. The van der Waals surface area contributed by atoms with Crippen molar-refractivity contribution >= 4 is 21.8 Å². The fraction of sp³-hybridized carbons (Fsp3) is 0.364. The molecule has 0 atom stereocenters. The fourth-order valence-corrected chi connectivity index (χ4v) is 1.76. The number of carbonyl (C=O) groups is 1. The molecule has 1 aromatic rings. The number of hydrogen-bond donors (Lipinski definition) is 1. The zero-order chi connectivity index (χ0) is 12.1. The number of carbonyl (C=O) groups excluding carboxylic acids is 1. The molecular formula is C11H15BrN2O2. The van der Waals surface area contributed by atoms with Crippen LogP contribution in [0.3, 0.4) is 0 Å². The summed E-state index contributed by atoms with van der Waals surface area (Å²) in [6.07, 6.45) is 0.292. The molecule has 0 aliphatic rings. The summed E-state index contributed by atoms with van der Waals surface area (Å²) in [5, 5.41) is 1.62. The highest BCUT2D eigenvalue weighted by Gasteiger charge is 2.09. The van der Waals surface area contributed by atoms with Gasteiger partial charge in [-0.1, -0.05) is 15.9 Å². The van der Waals surface area contributed by atoms with Crippen LogP contribution in [0.4, 0.5) is 0 Å². The molecule has 0 aliphatic carbocycles. The second kappa shape index (κ2) is 5.86. The van der Waals surface area contributed by atoms with Crippen molar-refractivity contribution < 1.29 is 9.53 Å². The van der Waals surface area contributed by atoms with Gasteiger partial charge in [-0.3, -0.25) is 10.2 Å². The van der Waals surface area contributed by atoms with E-state index >= 15 is 0 Å². The number of rotatable bonds is 4. The average Bonchev–Trinajstić information content (AvgIpc) is 2.16. The van der Waals surface area contributed by atoms with Crippen molar-refractivity contribution in [3.8, 4) is 5.75 Å². The first-order valence-corrected chi connectivity index (χ1v) is 5.61. The van der Waals surface area contributed by atoms with E-state index in [2.05, 4.69) is 21.4 Å². The van der Waals surface area contributed by atoms with Gasteiger partial charge in [0.05, 0.1) is 13.5 Å². The van der Waals surface area contributed by atoms with Gasteiger partial charge in [-0.15, -0.1) is 0 Å². The summed E-state index contributed by atoms with van der Waals surface area (Å²) in [5.74, 6) is 0.651. The predicted molar refractivity (Wildman–Crippen MR) is 66.2 cm³/mol. The Kier molecular flexibility index (Phi) is 4.76. The van der Waals surface area contributed by atoms with E-state index in [0.29, 0.717) is 6.42 Å². The number of benzene rings is 1. The van der Waals surface area contributed by atoms with Crippen molar-refractivity contribution in [3.05, 3.63) is 28.2 Å². The van der Waals surface area contributed by atoms with Crippen LogP contribution in [0.5, 0.6) is 5.75 Å². The van der Waals surface area contributed by atoms with E-state index in [1.54, 1.807) is 26.2 Å². The molecule has 1 aromatic carbocycles. The standard InChI is InChI=1S/C11H15BrN2O2/c1-14(2)13-11(15)7-8-6-9(12)4-5-10(8)16-3/h4-6H,7H2,1-3H3,(H,13,15). The molecule has 1 rings (SSSR count). The summed E-state index contributed by atoms with van der Waals surface area (Å²) in [6, 6.07) is 5.60. The van der Waals surface area contributed by atoms with E-state index < -0.39 is 0 Å². The molecule has 5 heteroatoms. The van der Waals surface area contributed by atoms with Crippen molar-refractivity contribution in [2.75, 3.05) is 21.2 Å². The Morgan fingerprint density at radius 2 is 2.19 bits per heavy atom. The van der Waals surface area contributed by atoms with E-state index in [9.17, 15) is 4.79 Å². The highest BCUT2D eigenvalue weighted by Crippen LogP contribution is 2.23. The highest BCUT2D eigenvalue weighted by molar-refractivity contribution is 9.10. The summed E-state index contributed by atoms with van der Waals surface area (Å²) < 4.78 is 6.12. The van der Waals surface area contributed by atoms with Gasteiger partial charge in [0.2, 0.25) is 5.91 Å². The smallest absolute Gasteiger partial charge is 0.238 e. The van der Waals surface area contributed by atoms with Gasteiger partial charge in [0, 0.05) is 24.1 Å². The van der Waals surface area contributed by atoms with Crippen molar-refractivity contribution in [2.24, 2.45) is 0 Å². The van der Waals surface area contributed by atoms with Gasteiger partial charge >= 0.3 is 0 Å². The van der Waals surface area contributed by atoms with Crippen molar-refractivity contribution in [1.29, 1.82) is 0 Å². The van der Waals surface area contributed by atoms with Gasteiger partial charge in [0.15, 0.2) is 0 Å². The monoisotopic (exact) mass is 286 g/mol. The third-order valence-electron chi connectivity index (χ3n) is 1.94. The summed E-state index contributed by atoms with van der Waals surface area (Å²) in [4.78, 5) is 11.6. The molecule has 0 aromatic heterocycles. The van der Waals surface area contributed by atoms with Gasteiger partial charge in [-0.25, -0.2) is 5.01 Å². The number of hydrogen-bond acceptors (Lipinski definition) is 3. The number of halogens is 1. The van der Waals surface area contributed by atoms with Gasteiger partial charge in [0.1, 0.15) is 5.75 Å². The van der Waals surface area contributed by atoms with E-state index in [4.69, 9.17) is 4.74 Å². The number of amides is 1. The lowest BCUT2D eigenvalue weighted by molar-refractivity contribution is -0.124. The van der Waals surface area contributed by atoms with Crippen LogP contribution in [0.2, 0.25) is 0 Å². The van der Waals surface area contributed by atoms with Crippen LogP contribution in [-0.2, 0) is 11.2 Å². The van der Waals surface area contributed by atoms with Crippen LogP contribution in [0, 0.1) is 0 Å². The first kappa shape index (κ1) is 13.0. The Hall–Kier alpha value is -1.07. The van der Waals surface area contributed by atoms with Gasteiger partial charge < -0.3 is 4.74 Å². The summed E-state index contributed by atoms with van der Waals surface area (Å²) in [7, 11) is 5.14. The second-order valence-electron chi connectivity index (χ2n) is 3.56. The molecule has 0 saturated heterocycles. The molecular weight excluding hydrogens is 272 g/mol. The molecule has 0 saturated carbocycles. The Balaban J connectivity index is 2.79. The molecule has 0 heterocycles. The molecule has 0 spiro atoms. The lowest BCUT2D eigenvalue weighted by atomic mass is 10.1. The molecule has 1 amide bonds. The Morgan fingerprint density at radius 3 is 2.75 bits per heavy atom. The second-order valence-corrected chi connectivity index (χ2v) is 4.48. The normalized spacial score (nSPS) is 10.3. The Labute approximate surface area is 104 Å². The molecule has 88 valence electrons. The zero-order valence-electron chi connectivity index (χ0n) is 9.58. The number of hydrazine groups is 1. The van der Waals surface area contributed by atoms with Crippen LogP contribution in [-0.4, -0.2) is 32.1 Å². The Bertz CT molecular complexity index is 380. The molecule has 0 bridgehead atoms. The lowest BCUT2D eigenvalue weighted by Gasteiger charge is -2.13. The largest absolute Gasteiger partial charge is 0.496 e. The molecule has 0 radical (unpaired) electrons. The predicted octanol–water partition coefficient (Wildman–Crippen LogP) is 1.59. The van der Waals surface area contributed by atoms with E-state index in [0.717, 1.165) is 15.8 Å². The van der Waals surface area contributed by atoms with Crippen molar-refractivity contribution in [1.82, 2.24) is 10.4 Å². The van der Waals surface area contributed by atoms with Crippen LogP contribution in [0.15, 0.2) is 22.7 Å². The van der Waals surface area contributed by atoms with Crippen LogP contribution in [0.1, 0.15) is 5.56 Å². The number of nitrogens with one attached hydrogen (secondary N) is 1. The van der Waals surface area contributed by atoms with Crippen molar-refractivity contribution in [3.63, 3.8) is 0 Å². The molecule has 4 nitrogen and oxygen atoms in total. The fourth-order valence-electron chi connectivity index (χ4n) is 1.35. The first-order chi connectivity index (χ1) is 7.52. The van der Waals surface area contributed by atoms with E-state index in [1.807, 2.05) is 18.2 Å². The van der Waals surface area contributed by atoms with Gasteiger partial charge in [-0.05, 0) is 18.2 Å². The van der Waals surface area contributed by atoms with Gasteiger partial charge in [0.25, 0.3) is 0 Å². The van der Waals surface area contributed by atoms with Crippen LogP contribution < -0.4 is 10.2 Å². The highest BCUT2D eigenvalue weighted by atomic mass is 79.9. The summed E-state index contributed by atoms with van der Waals surface area (Å²) in [6.45, 7) is 0. The first-order valence-electron chi connectivity index (χ1n) is 4.82. The molecule has 1 N–H and O–H groups in total. The molecule has 0 aliphatic heterocycles. The summed E-state index contributed by atoms with van der Waals surface area (Å²) >= 11 is 3.37. The van der Waals surface area contributed by atoms with Crippen molar-refractivity contribution in [2.45, 2.75) is 6.42 Å². The molecule has 16 heavy (non-hydrogen) atoms. The quantitative estimate of drug-likeness (QED) is 0.855. The molecule has 0 fully saturated rings. The minimum atomic E-state index is -0.0681. The lowest BCUT2D eigenvalue weighted by Crippen LogP contribution is -2.37. The topological polar surface area (TPSA) is 41.6 Å². The maximum atomic E-state index is 11.6. The van der Waals surface area contributed by atoms with E-state index in [1.165, 1.54) is 0 Å². The van der Waals surface area contributed by atoms with Gasteiger partial charge in [-0.2, -0.15) is 0 Å². The summed E-state index contributed by atoms with van der Waals surface area (Å²) in [5.41, 5.74) is 3.54. The van der Waals surface area contributed by atoms with Crippen LogP contribution >= 0.6 is 15.9 Å². The minimum absolute atomic E-state index is 0.0681.